The quantitative estimate of drug-likeness (QED) is 0.310. The lowest BCUT2D eigenvalue weighted by atomic mass is 9.72. The number of carbonyl (C=O) groups is 5. The summed E-state index contributed by atoms with van der Waals surface area (Å²) in [7, 11) is 0. The number of hydrogen-bond acceptors (Lipinski definition) is 9. The van der Waals surface area contributed by atoms with Gasteiger partial charge < -0.3 is 20.1 Å². The number of cyclic esters (lactones) is 1. The lowest BCUT2D eigenvalue weighted by molar-refractivity contribution is -0.169. The van der Waals surface area contributed by atoms with Crippen LogP contribution in [0.15, 0.2) is 36.4 Å². The third kappa shape index (κ3) is 8.84. The van der Waals surface area contributed by atoms with E-state index in [2.05, 4.69) is 16.1 Å². The second-order valence-electron chi connectivity index (χ2n) is 13.7. The number of carbonyl (C=O) groups excluding carboxylic acids is 5. The summed E-state index contributed by atoms with van der Waals surface area (Å²) in [5.74, 6) is -2.15. The molecule has 12 nitrogen and oxygen atoms in total. The Morgan fingerprint density at radius 2 is 1.76 bits per heavy atom. The van der Waals surface area contributed by atoms with Crippen molar-refractivity contribution in [3.05, 3.63) is 47.7 Å². The Balaban J connectivity index is 1.49. The van der Waals surface area contributed by atoms with Crippen molar-refractivity contribution in [1.82, 2.24) is 26.1 Å². The molecule has 0 radical (unpaired) electrons. The predicted octanol–water partition coefficient (Wildman–Crippen LogP) is 4.11. The van der Waals surface area contributed by atoms with Crippen LogP contribution < -0.4 is 16.1 Å². The summed E-state index contributed by atoms with van der Waals surface area (Å²) in [6, 6.07) is 7.68. The Morgan fingerprint density at radius 1 is 1.04 bits per heavy atom. The van der Waals surface area contributed by atoms with Crippen molar-refractivity contribution in [2.24, 2.45) is 11.3 Å². The van der Waals surface area contributed by atoms with Gasteiger partial charge in [-0.25, -0.2) is 5.43 Å². The lowest BCUT2D eigenvalue weighted by Crippen LogP contribution is -2.61. The van der Waals surface area contributed by atoms with E-state index in [0.717, 1.165) is 16.5 Å². The molecule has 3 heterocycles. The zero-order valence-corrected chi connectivity index (χ0v) is 29.3. The number of halogens is 1. The molecule has 3 N–H and O–H groups in total. The molecule has 2 aliphatic heterocycles. The molecule has 3 amide bonds. The highest BCUT2D eigenvalue weighted by atomic mass is 35.5. The highest BCUT2D eigenvalue weighted by Gasteiger charge is 2.44. The van der Waals surface area contributed by atoms with E-state index in [1.54, 1.807) is 20.8 Å². The van der Waals surface area contributed by atoms with Crippen LogP contribution in [-0.4, -0.2) is 76.4 Å². The van der Waals surface area contributed by atoms with Gasteiger partial charge in [0.2, 0.25) is 11.1 Å². The lowest BCUT2D eigenvalue weighted by Gasteiger charge is -2.37. The molecule has 5 rings (SSSR count). The number of hydrazine groups is 1. The molecule has 49 heavy (non-hydrogen) atoms. The van der Waals surface area contributed by atoms with Gasteiger partial charge in [-0.3, -0.25) is 34.0 Å². The molecule has 0 unspecified atom stereocenters. The first-order chi connectivity index (χ1) is 23.3. The molecule has 1 aliphatic carbocycles. The molecule has 13 heteroatoms. The van der Waals surface area contributed by atoms with Crippen LogP contribution in [0.4, 0.5) is 0 Å². The van der Waals surface area contributed by atoms with Crippen molar-refractivity contribution in [3.63, 3.8) is 0 Å². The molecule has 2 fully saturated rings. The maximum Gasteiger partial charge on any atom is 0.316 e. The van der Waals surface area contributed by atoms with E-state index in [-0.39, 0.29) is 31.0 Å². The zero-order valence-electron chi connectivity index (χ0n) is 28.5. The number of nitrogens with one attached hydrogen (secondary N) is 3. The van der Waals surface area contributed by atoms with Gasteiger partial charge in [0.25, 0.3) is 11.8 Å². The first kappa shape index (κ1) is 36.4. The summed E-state index contributed by atoms with van der Waals surface area (Å²) in [6.07, 6.45) is 5.54. The van der Waals surface area contributed by atoms with Crippen LogP contribution in [0.3, 0.4) is 0 Å². The highest BCUT2D eigenvalue weighted by molar-refractivity contribution is 6.63. The average Bonchev–Trinajstić information content (AvgIpc) is 3.08. The number of ether oxygens (including phenoxy) is 2. The molecule has 264 valence electrons. The van der Waals surface area contributed by atoms with E-state index in [1.807, 2.05) is 49.4 Å². The van der Waals surface area contributed by atoms with Crippen LogP contribution in [-0.2, 0) is 33.4 Å². The summed E-state index contributed by atoms with van der Waals surface area (Å²) in [6.45, 7) is 7.57. The van der Waals surface area contributed by atoms with Crippen LogP contribution in [0.1, 0.15) is 89.9 Å². The molecule has 4 atom stereocenters. The first-order valence-electron chi connectivity index (χ1n) is 17.1. The normalized spacial score (nSPS) is 29.4. The number of benzene rings is 1. The van der Waals surface area contributed by atoms with Crippen molar-refractivity contribution in [1.29, 1.82) is 0 Å². The number of nitrogens with zero attached hydrogens (tertiary/aromatic N) is 2. The summed E-state index contributed by atoms with van der Waals surface area (Å²) >= 11 is 5.48. The Morgan fingerprint density at radius 3 is 2.47 bits per heavy atom. The fourth-order valence-corrected chi connectivity index (χ4v) is 6.68. The van der Waals surface area contributed by atoms with Crippen LogP contribution in [0, 0.1) is 11.3 Å². The van der Waals surface area contributed by atoms with Gasteiger partial charge in [-0.05, 0) is 87.6 Å². The van der Waals surface area contributed by atoms with E-state index in [1.165, 1.54) is 5.01 Å². The molecular weight excluding hydrogens is 650 g/mol. The summed E-state index contributed by atoms with van der Waals surface area (Å²) in [4.78, 5) is 70.5. The smallest absolute Gasteiger partial charge is 0.316 e. The van der Waals surface area contributed by atoms with Gasteiger partial charge in [-0.15, -0.1) is 0 Å². The Kier molecular flexibility index (Phi) is 11.7. The Labute approximate surface area is 291 Å². The molecule has 1 aromatic heterocycles. The van der Waals surface area contributed by atoms with Gasteiger partial charge in [0.1, 0.15) is 12.1 Å². The Hall–Kier alpha value is -3.87. The third-order valence-electron chi connectivity index (χ3n) is 9.61. The number of esters is 1. The number of amides is 3. The van der Waals surface area contributed by atoms with Gasteiger partial charge in [0.15, 0.2) is 6.10 Å². The van der Waals surface area contributed by atoms with Crippen molar-refractivity contribution in [2.45, 2.75) is 103 Å². The second-order valence-corrected chi connectivity index (χ2v) is 14.1. The second kappa shape index (κ2) is 15.8. The van der Waals surface area contributed by atoms with Gasteiger partial charge in [0, 0.05) is 18.4 Å². The number of rotatable bonds is 5. The minimum Gasteiger partial charge on any atom is -0.451 e. The number of aromatic nitrogens is 1. The monoisotopic (exact) mass is 695 g/mol. The molecule has 3 aliphatic rings. The van der Waals surface area contributed by atoms with Crippen LogP contribution in [0.5, 0.6) is 0 Å². The van der Waals surface area contributed by atoms with E-state index in [0.29, 0.717) is 50.8 Å². The number of fused-ring (bicyclic) bond motifs is 4. The van der Waals surface area contributed by atoms with Crippen molar-refractivity contribution in [2.75, 3.05) is 13.2 Å². The minimum atomic E-state index is -1.15. The van der Waals surface area contributed by atoms with Crippen molar-refractivity contribution in [3.8, 4) is 0 Å². The first-order valence-corrected chi connectivity index (χ1v) is 17.5. The van der Waals surface area contributed by atoms with Crippen LogP contribution >= 0.6 is 11.6 Å². The van der Waals surface area contributed by atoms with Crippen LogP contribution in [0.25, 0.3) is 17.0 Å². The maximum absolute atomic E-state index is 14.2. The number of pyridine rings is 1. The summed E-state index contributed by atoms with van der Waals surface area (Å²) < 4.78 is 11.9. The van der Waals surface area contributed by atoms with Crippen molar-refractivity contribution < 1.29 is 33.4 Å². The SMILES string of the molecule is CC(C)[C@@H]1OC(=O)C2(/C=C/c3ccc4ccc(nc4c3)[C@@H](C)NC(=O)[C@@H]3CCCN(N3)C(=O)[C@H](C)NC1=O)CCC(OCCC(=O)Cl)CC2. The van der Waals surface area contributed by atoms with E-state index in [9.17, 15) is 24.0 Å². The highest BCUT2D eigenvalue weighted by Crippen LogP contribution is 2.41. The average molecular weight is 696 g/mol. The van der Waals surface area contributed by atoms with E-state index in [4.69, 9.17) is 26.1 Å². The predicted molar refractivity (Wildman–Crippen MR) is 184 cm³/mol. The Bertz CT molecular complexity index is 1610. The van der Waals surface area contributed by atoms with Gasteiger partial charge in [-0.1, -0.05) is 44.2 Å². The largest absolute Gasteiger partial charge is 0.451 e. The zero-order chi connectivity index (χ0) is 35.3. The summed E-state index contributed by atoms with van der Waals surface area (Å²) in [5.41, 5.74) is 4.22. The van der Waals surface area contributed by atoms with E-state index < -0.39 is 52.7 Å². The van der Waals surface area contributed by atoms with Crippen LogP contribution in [0.2, 0.25) is 0 Å². The fourth-order valence-electron chi connectivity index (χ4n) is 6.61. The van der Waals surface area contributed by atoms with Crippen molar-refractivity contribution >= 4 is 57.5 Å². The van der Waals surface area contributed by atoms with Gasteiger partial charge in [0.05, 0.1) is 35.4 Å². The fraction of sp³-hybridized carbons (Fsp3) is 0.556. The minimum absolute atomic E-state index is 0.106. The van der Waals surface area contributed by atoms with Gasteiger partial charge >= 0.3 is 5.97 Å². The molecule has 2 aromatic rings. The third-order valence-corrected chi connectivity index (χ3v) is 9.80. The molecule has 1 spiro atoms. The molecular formula is C36H46ClN5O7. The standard InChI is InChI=1S/C36H46ClN5O7/c1-21(2)31-33(45)39-23(4)34(46)42-18-5-6-28(41-42)32(44)38-22(3)27-10-9-25-8-7-24(20-29(25)40-27)11-15-36(35(47)49-31)16-12-26(13-17-36)48-19-14-30(37)43/h7-11,15,20-23,26,28,31,41H,5-6,12-14,16-19H2,1-4H3,(H,38,44)(H,39,45)/b15-11+/t22-,23+,26?,28+,31+,36?/m1/s1. The number of hydrogen-bond donors (Lipinski definition) is 3. The van der Waals surface area contributed by atoms with Gasteiger partial charge in [-0.2, -0.15) is 0 Å². The topological polar surface area (TPSA) is 156 Å². The van der Waals surface area contributed by atoms with E-state index >= 15 is 0 Å². The molecule has 1 aromatic carbocycles. The molecule has 5 bridgehead atoms. The summed E-state index contributed by atoms with van der Waals surface area (Å²) in [5, 5.41) is 7.60. The molecule has 1 saturated carbocycles. The molecule has 1 saturated heterocycles. The maximum atomic E-state index is 14.2.